The second-order valence-electron chi connectivity index (χ2n) is 7.63. The van der Waals surface area contributed by atoms with E-state index in [1.807, 2.05) is 23.1 Å². The van der Waals surface area contributed by atoms with E-state index in [1.54, 1.807) is 14.0 Å². The number of likely N-dealkylation sites (tertiary alicyclic amines) is 1. The van der Waals surface area contributed by atoms with Gasteiger partial charge in [0.1, 0.15) is 5.75 Å². The Balaban J connectivity index is 1.55. The number of imide groups is 1. The number of nitrogens with zero attached hydrogens (tertiary/aromatic N) is 1. The summed E-state index contributed by atoms with van der Waals surface area (Å²) in [6.07, 6.45) is 2.53. The van der Waals surface area contributed by atoms with Crippen LogP contribution in [0.3, 0.4) is 0 Å². The molecule has 2 aliphatic heterocycles. The third kappa shape index (κ3) is 4.10. The standard InChI is InChI=1S/C20H25ClN2O4/c1-20(12-16(24)22-19(20)26)9-6-17(25)23-10-7-13(8-11-23)14-4-3-5-15(21)18(14)27-2/h3-5,13H,6-12H2,1-2H3,(H,22,24,26). The number of para-hydroxylation sites is 1. The lowest BCUT2D eigenvalue weighted by Crippen LogP contribution is -2.39. The zero-order valence-electron chi connectivity index (χ0n) is 15.7. The lowest BCUT2D eigenvalue weighted by molar-refractivity contribution is -0.133. The minimum absolute atomic E-state index is 0.0416. The van der Waals surface area contributed by atoms with Gasteiger partial charge in [-0.2, -0.15) is 0 Å². The van der Waals surface area contributed by atoms with Crippen molar-refractivity contribution in [1.29, 1.82) is 0 Å². The first-order valence-corrected chi connectivity index (χ1v) is 9.66. The largest absolute Gasteiger partial charge is 0.495 e. The molecule has 2 aliphatic rings. The molecule has 2 saturated heterocycles. The highest BCUT2D eigenvalue weighted by Gasteiger charge is 2.42. The first-order chi connectivity index (χ1) is 12.8. The van der Waals surface area contributed by atoms with E-state index in [0.717, 1.165) is 18.4 Å². The van der Waals surface area contributed by atoms with E-state index in [0.29, 0.717) is 36.2 Å². The van der Waals surface area contributed by atoms with Crippen LogP contribution in [0.1, 0.15) is 50.5 Å². The monoisotopic (exact) mass is 392 g/mol. The number of benzene rings is 1. The predicted molar refractivity (Wildman–Crippen MR) is 102 cm³/mol. The number of ether oxygens (including phenoxy) is 1. The van der Waals surface area contributed by atoms with Gasteiger partial charge in [-0.15, -0.1) is 0 Å². The van der Waals surface area contributed by atoms with Crippen LogP contribution in [-0.4, -0.2) is 42.8 Å². The maximum atomic E-state index is 12.6. The third-order valence-electron chi connectivity index (χ3n) is 5.73. The Labute approximate surface area is 164 Å². The Morgan fingerprint density at radius 3 is 2.63 bits per heavy atom. The van der Waals surface area contributed by atoms with Crippen molar-refractivity contribution >= 4 is 29.3 Å². The highest BCUT2D eigenvalue weighted by Crippen LogP contribution is 2.38. The second-order valence-corrected chi connectivity index (χ2v) is 8.04. The van der Waals surface area contributed by atoms with Crippen LogP contribution < -0.4 is 10.1 Å². The highest BCUT2D eigenvalue weighted by molar-refractivity contribution is 6.32. The molecule has 146 valence electrons. The summed E-state index contributed by atoms with van der Waals surface area (Å²) in [6, 6.07) is 5.77. The van der Waals surface area contributed by atoms with Gasteiger partial charge in [0.05, 0.1) is 17.5 Å². The molecule has 1 unspecified atom stereocenters. The van der Waals surface area contributed by atoms with Gasteiger partial charge in [-0.3, -0.25) is 19.7 Å². The number of rotatable bonds is 5. The molecule has 0 bridgehead atoms. The van der Waals surface area contributed by atoms with Gasteiger partial charge in [0.25, 0.3) is 0 Å². The number of hydrogen-bond donors (Lipinski definition) is 1. The number of carbonyl (C=O) groups excluding carboxylic acids is 3. The third-order valence-corrected chi connectivity index (χ3v) is 6.03. The maximum Gasteiger partial charge on any atom is 0.233 e. The van der Waals surface area contributed by atoms with Crippen molar-refractivity contribution in [1.82, 2.24) is 10.2 Å². The molecular weight excluding hydrogens is 368 g/mol. The normalized spacial score (nSPS) is 23.4. The maximum absolute atomic E-state index is 12.6. The molecular formula is C20H25ClN2O4. The van der Waals surface area contributed by atoms with E-state index in [9.17, 15) is 14.4 Å². The minimum atomic E-state index is -0.765. The van der Waals surface area contributed by atoms with E-state index in [4.69, 9.17) is 16.3 Å². The molecule has 1 N–H and O–H groups in total. The minimum Gasteiger partial charge on any atom is -0.495 e. The topological polar surface area (TPSA) is 75.7 Å². The molecule has 3 rings (SSSR count). The first kappa shape index (κ1) is 19.7. The number of carbonyl (C=O) groups is 3. The Morgan fingerprint density at radius 2 is 2.04 bits per heavy atom. The fourth-order valence-corrected chi connectivity index (χ4v) is 4.26. The Kier molecular flexibility index (Phi) is 5.75. The predicted octanol–water partition coefficient (Wildman–Crippen LogP) is 2.89. The van der Waals surface area contributed by atoms with Gasteiger partial charge >= 0.3 is 0 Å². The van der Waals surface area contributed by atoms with Crippen LogP contribution in [0.15, 0.2) is 18.2 Å². The van der Waals surface area contributed by atoms with Crippen molar-refractivity contribution in [2.45, 2.75) is 44.9 Å². The summed E-state index contributed by atoms with van der Waals surface area (Å²) in [4.78, 5) is 37.7. The molecule has 3 amide bonds. The van der Waals surface area contributed by atoms with E-state index >= 15 is 0 Å². The average molecular weight is 393 g/mol. The van der Waals surface area contributed by atoms with Crippen molar-refractivity contribution in [3.63, 3.8) is 0 Å². The molecule has 1 aromatic rings. The van der Waals surface area contributed by atoms with Crippen LogP contribution in [0.4, 0.5) is 0 Å². The molecule has 6 nitrogen and oxygen atoms in total. The SMILES string of the molecule is COc1c(Cl)cccc1C1CCN(C(=O)CCC2(C)CC(=O)NC2=O)CC1. The van der Waals surface area contributed by atoms with Crippen LogP contribution in [0.5, 0.6) is 5.75 Å². The fourth-order valence-electron chi connectivity index (χ4n) is 4.00. The van der Waals surface area contributed by atoms with Crippen LogP contribution in [0.25, 0.3) is 0 Å². The average Bonchev–Trinajstić information content (AvgIpc) is 2.91. The number of piperidine rings is 1. The molecule has 1 aromatic carbocycles. The highest BCUT2D eigenvalue weighted by atomic mass is 35.5. The zero-order chi connectivity index (χ0) is 19.6. The summed E-state index contributed by atoms with van der Waals surface area (Å²) < 4.78 is 5.45. The molecule has 0 aromatic heterocycles. The number of nitrogens with one attached hydrogen (secondary N) is 1. The van der Waals surface area contributed by atoms with Crippen molar-refractivity contribution in [3.8, 4) is 5.75 Å². The Bertz CT molecular complexity index is 758. The van der Waals surface area contributed by atoms with E-state index in [-0.39, 0.29) is 30.6 Å². The molecule has 2 heterocycles. The summed E-state index contributed by atoms with van der Waals surface area (Å²) in [5.41, 5.74) is 0.324. The smallest absolute Gasteiger partial charge is 0.233 e. The van der Waals surface area contributed by atoms with Gasteiger partial charge in [-0.25, -0.2) is 0 Å². The van der Waals surface area contributed by atoms with Crippen LogP contribution >= 0.6 is 11.6 Å². The van der Waals surface area contributed by atoms with E-state index in [2.05, 4.69) is 5.32 Å². The lowest BCUT2D eigenvalue weighted by Gasteiger charge is -2.33. The number of amides is 3. The first-order valence-electron chi connectivity index (χ1n) is 9.28. The zero-order valence-corrected chi connectivity index (χ0v) is 16.5. The van der Waals surface area contributed by atoms with Gasteiger partial charge < -0.3 is 9.64 Å². The molecule has 0 radical (unpaired) electrons. The van der Waals surface area contributed by atoms with Crippen molar-refractivity contribution < 1.29 is 19.1 Å². The lowest BCUT2D eigenvalue weighted by atomic mass is 9.83. The molecule has 0 spiro atoms. The summed E-state index contributed by atoms with van der Waals surface area (Å²) in [7, 11) is 1.62. The number of methoxy groups -OCH3 is 1. The number of halogens is 1. The Hall–Kier alpha value is -2.08. The fraction of sp³-hybridized carbons (Fsp3) is 0.550. The van der Waals surface area contributed by atoms with Crippen molar-refractivity contribution in [3.05, 3.63) is 28.8 Å². The summed E-state index contributed by atoms with van der Waals surface area (Å²) >= 11 is 6.22. The molecule has 7 heteroatoms. The summed E-state index contributed by atoms with van der Waals surface area (Å²) in [6.45, 7) is 3.08. The Morgan fingerprint density at radius 1 is 1.33 bits per heavy atom. The molecule has 0 aliphatic carbocycles. The number of hydrogen-bond acceptors (Lipinski definition) is 4. The van der Waals surface area contributed by atoms with Gasteiger partial charge in [-0.1, -0.05) is 30.7 Å². The molecule has 27 heavy (non-hydrogen) atoms. The van der Waals surface area contributed by atoms with Gasteiger partial charge in [0.2, 0.25) is 17.7 Å². The van der Waals surface area contributed by atoms with Crippen molar-refractivity contribution in [2.75, 3.05) is 20.2 Å². The van der Waals surface area contributed by atoms with E-state index in [1.165, 1.54) is 0 Å². The molecule has 1 atom stereocenters. The van der Waals surface area contributed by atoms with Crippen LogP contribution in [0.2, 0.25) is 5.02 Å². The van der Waals surface area contributed by atoms with E-state index < -0.39 is 5.41 Å². The molecule has 2 fully saturated rings. The van der Waals surface area contributed by atoms with Crippen LogP contribution in [0, 0.1) is 5.41 Å². The van der Waals surface area contributed by atoms with Gasteiger partial charge in [0.15, 0.2) is 0 Å². The summed E-state index contributed by atoms with van der Waals surface area (Å²) in [5.74, 6) is 0.533. The summed E-state index contributed by atoms with van der Waals surface area (Å²) in [5, 5.41) is 2.93. The van der Waals surface area contributed by atoms with Gasteiger partial charge in [-0.05, 0) is 36.8 Å². The molecule has 0 saturated carbocycles. The van der Waals surface area contributed by atoms with Gasteiger partial charge in [0, 0.05) is 25.9 Å². The van der Waals surface area contributed by atoms with Crippen molar-refractivity contribution in [2.24, 2.45) is 5.41 Å². The van der Waals surface area contributed by atoms with Crippen LogP contribution in [-0.2, 0) is 14.4 Å². The quantitative estimate of drug-likeness (QED) is 0.782. The second kappa shape index (κ2) is 7.89.